The molecule has 6 nitrogen and oxygen atoms in total. The molecule has 0 spiro atoms. The molecular weight excluding hydrogens is 275 g/mol. The third-order valence-corrected chi connectivity index (χ3v) is 3.48. The number of halogens is 1. The number of anilines is 1. The van der Waals surface area contributed by atoms with E-state index in [1.807, 2.05) is 0 Å². The van der Waals surface area contributed by atoms with Crippen molar-refractivity contribution in [3.05, 3.63) is 47.5 Å². The fraction of sp³-hybridized carbons (Fsp3) is 0.286. The zero-order chi connectivity index (χ0) is 14.8. The number of benzene rings is 1. The Labute approximate surface area is 120 Å². The molecule has 2 heterocycles. The lowest BCUT2D eigenvalue weighted by atomic mass is 10.1. The number of rotatable bonds is 2. The number of carbonyl (C=O) groups is 1. The SMILES string of the molecule is Nc1cn[nH]c1C(=O)N1CCOC(c2ccc(F)cc2)C1. The average molecular weight is 290 g/mol. The van der Waals surface area contributed by atoms with Crippen molar-refractivity contribution in [1.29, 1.82) is 0 Å². The van der Waals surface area contributed by atoms with Crippen LogP contribution in [0.5, 0.6) is 0 Å². The Kier molecular flexibility index (Phi) is 3.57. The minimum atomic E-state index is -0.298. The van der Waals surface area contributed by atoms with Gasteiger partial charge in [0.05, 0.1) is 25.0 Å². The van der Waals surface area contributed by atoms with E-state index >= 15 is 0 Å². The van der Waals surface area contributed by atoms with Gasteiger partial charge in [0.25, 0.3) is 5.91 Å². The van der Waals surface area contributed by atoms with Gasteiger partial charge in [-0.2, -0.15) is 5.10 Å². The number of hydrogen-bond acceptors (Lipinski definition) is 4. The van der Waals surface area contributed by atoms with E-state index in [0.29, 0.717) is 25.4 Å². The summed E-state index contributed by atoms with van der Waals surface area (Å²) < 4.78 is 18.6. The van der Waals surface area contributed by atoms with Crippen LogP contribution in [0.1, 0.15) is 22.2 Å². The summed E-state index contributed by atoms with van der Waals surface area (Å²) in [6.45, 7) is 1.29. The van der Waals surface area contributed by atoms with Crippen LogP contribution in [0.3, 0.4) is 0 Å². The highest BCUT2D eigenvalue weighted by Crippen LogP contribution is 2.24. The van der Waals surface area contributed by atoms with Crippen molar-refractivity contribution in [2.75, 3.05) is 25.4 Å². The smallest absolute Gasteiger partial charge is 0.274 e. The van der Waals surface area contributed by atoms with E-state index in [-0.39, 0.29) is 23.5 Å². The zero-order valence-electron chi connectivity index (χ0n) is 11.3. The molecule has 1 unspecified atom stereocenters. The number of nitrogens with zero attached hydrogens (tertiary/aromatic N) is 2. The maximum absolute atomic E-state index is 13.0. The van der Waals surface area contributed by atoms with Gasteiger partial charge < -0.3 is 15.4 Å². The van der Waals surface area contributed by atoms with Crippen molar-refractivity contribution in [3.63, 3.8) is 0 Å². The normalized spacial score (nSPS) is 18.7. The molecule has 2 aromatic rings. The molecule has 1 aromatic carbocycles. The van der Waals surface area contributed by atoms with Gasteiger partial charge in [-0.1, -0.05) is 12.1 Å². The lowest BCUT2D eigenvalue weighted by Crippen LogP contribution is -2.42. The number of aromatic amines is 1. The predicted octanol–water partition coefficient (Wildman–Crippen LogP) is 1.34. The molecule has 3 rings (SSSR count). The first kappa shape index (κ1) is 13.6. The van der Waals surface area contributed by atoms with Gasteiger partial charge >= 0.3 is 0 Å². The first-order valence-corrected chi connectivity index (χ1v) is 6.60. The van der Waals surface area contributed by atoms with Crippen LogP contribution in [-0.2, 0) is 4.74 Å². The van der Waals surface area contributed by atoms with Gasteiger partial charge in [0.2, 0.25) is 0 Å². The number of ether oxygens (including phenoxy) is 1. The third kappa shape index (κ3) is 2.73. The second-order valence-corrected chi connectivity index (χ2v) is 4.86. The van der Waals surface area contributed by atoms with Crippen LogP contribution in [0.15, 0.2) is 30.5 Å². The number of nitrogens with two attached hydrogens (primary N) is 1. The predicted molar refractivity (Wildman–Crippen MR) is 74.0 cm³/mol. The molecule has 110 valence electrons. The third-order valence-electron chi connectivity index (χ3n) is 3.48. The van der Waals surface area contributed by atoms with Gasteiger partial charge in [-0.05, 0) is 17.7 Å². The largest absolute Gasteiger partial charge is 0.396 e. The molecule has 1 fully saturated rings. The first-order chi connectivity index (χ1) is 10.1. The van der Waals surface area contributed by atoms with Gasteiger partial charge in [0.1, 0.15) is 17.6 Å². The molecule has 1 aromatic heterocycles. The number of morpholine rings is 1. The summed E-state index contributed by atoms with van der Waals surface area (Å²) >= 11 is 0. The van der Waals surface area contributed by atoms with Crippen molar-refractivity contribution in [2.24, 2.45) is 0 Å². The summed E-state index contributed by atoms with van der Waals surface area (Å²) in [5.74, 6) is -0.506. The topological polar surface area (TPSA) is 84.2 Å². The zero-order valence-corrected chi connectivity index (χ0v) is 11.3. The van der Waals surface area contributed by atoms with Crippen molar-refractivity contribution in [2.45, 2.75) is 6.10 Å². The van der Waals surface area contributed by atoms with Gasteiger partial charge in [-0.3, -0.25) is 9.89 Å². The minimum Gasteiger partial charge on any atom is -0.396 e. The van der Waals surface area contributed by atoms with Crippen LogP contribution < -0.4 is 5.73 Å². The number of carbonyl (C=O) groups excluding carboxylic acids is 1. The standard InChI is InChI=1S/C14H15FN4O2/c15-10-3-1-9(2-4-10)12-8-19(5-6-21-12)14(20)13-11(16)7-17-18-13/h1-4,7,12H,5-6,8,16H2,(H,17,18). The van der Waals surface area contributed by atoms with Crippen LogP contribution in [-0.4, -0.2) is 40.7 Å². The maximum Gasteiger partial charge on any atom is 0.274 e. The molecule has 1 saturated heterocycles. The summed E-state index contributed by atoms with van der Waals surface area (Å²) in [6, 6.07) is 6.09. The van der Waals surface area contributed by atoms with E-state index in [9.17, 15) is 9.18 Å². The van der Waals surface area contributed by atoms with Crippen molar-refractivity contribution >= 4 is 11.6 Å². The maximum atomic E-state index is 13.0. The quantitative estimate of drug-likeness (QED) is 0.874. The van der Waals surface area contributed by atoms with E-state index in [1.165, 1.54) is 18.3 Å². The van der Waals surface area contributed by atoms with Gasteiger partial charge in [0.15, 0.2) is 0 Å². The first-order valence-electron chi connectivity index (χ1n) is 6.60. The lowest BCUT2D eigenvalue weighted by molar-refractivity contribution is -0.0230. The average Bonchev–Trinajstić information content (AvgIpc) is 2.93. The molecule has 1 aliphatic heterocycles. The molecule has 1 aliphatic rings. The summed E-state index contributed by atoms with van der Waals surface area (Å²) in [7, 11) is 0. The molecule has 0 saturated carbocycles. The summed E-state index contributed by atoms with van der Waals surface area (Å²) in [5, 5.41) is 6.36. The number of nitrogen functional groups attached to an aromatic ring is 1. The van der Waals surface area contributed by atoms with E-state index < -0.39 is 0 Å². The van der Waals surface area contributed by atoms with E-state index in [4.69, 9.17) is 10.5 Å². The Morgan fingerprint density at radius 3 is 2.86 bits per heavy atom. The van der Waals surface area contributed by atoms with E-state index in [0.717, 1.165) is 5.56 Å². The molecule has 0 radical (unpaired) electrons. The van der Waals surface area contributed by atoms with Crippen molar-refractivity contribution in [1.82, 2.24) is 15.1 Å². The fourth-order valence-electron chi connectivity index (χ4n) is 2.34. The molecule has 1 amide bonds. The number of amides is 1. The fourth-order valence-corrected chi connectivity index (χ4v) is 2.34. The summed E-state index contributed by atoms with van der Waals surface area (Å²) in [5.41, 5.74) is 7.15. The van der Waals surface area contributed by atoms with Gasteiger partial charge in [-0.15, -0.1) is 0 Å². The molecule has 3 N–H and O–H groups in total. The molecule has 0 aliphatic carbocycles. The molecule has 0 bridgehead atoms. The monoisotopic (exact) mass is 290 g/mol. The highest BCUT2D eigenvalue weighted by molar-refractivity contribution is 5.97. The number of hydrogen-bond donors (Lipinski definition) is 2. The second kappa shape index (κ2) is 5.53. The molecular formula is C14H15FN4O2. The van der Waals surface area contributed by atoms with Gasteiger partial charge in [0, 0.05) is 6.54 Å². The molecule has 7 heteroatoms. The number of H-pyrrole nitrogens is 1. The summed E-state index contributed by atoms with van der Waals surface area (Å²) in [6.07, 6.45) is 1.14. The van der Waals surface area contributed by atoms with Crippen LogP contribution >= 0.6 is 0 Å². The molecule has 21 heavy (non-hydrogen) atoms. The highest BCUT2D eigenvalue weighted by Gasteiger charge is 2.27. The molecule has 1 atom stereocenters. The van der Waals surface area contributed by atoms with Crippen LogP contribution in [0.2, 0.25) is 0 Å². The Balaban J connectivity index is 1.75. The van der Waals surface area contributed by atoms with Crippen LogP contribution in [0.25, 0.3) is 0 Å². The Morgan fingerprint density at radius 2 is 2.19 bits per heavy atom. The lowest BCUT2D eigenvalue weighted by Gasteiger charge is -2.33. The van der Waals surface area contributed by atoms with Crippen molar-refractivity contribution < 1.29 is 13.9 Å². The Bertz CT molecular complexity index is 641. The summed E-state index contributed by atoms with van der Waals surface area (Å²) in [4.78, 5) is 14.0. The highest BCUT2D eigenvalue weighted by atomic mass is 19.1. The number of aromatic nitrogens is 2. The minimum absolute atomic E-state index is 0.208. The second-order valence-electron chi connectivity index (χ2n) is 4.86. The van der Waals surface area contributed by atoms with Crippen molar-refractivity contribution in [3.8, 4) is 0 Å². The van der Waals surface area contributed by atoms with E-state index in [2.05, 4.69) is 10.2 Å². The Morgan fingerprint density at radius 1 is 1.43 bits per heavy atom. The van der Waals surface area contributed by atoms with Crippen LogP contribution in [0.4, 0.5) is 10.1 Å². The number of nitrogens with one attached hydrogen (secondary N) is 1. The Hall–Kier alpha value is -2.41. The van der Waals surface area contributed by atoms with Crippen LogP contribution in [0, 0.1) is 5.82 Å². The van der Waals surface area contributed by atoms with E-state index in [1.54, 1.807) is 17.0 Å². The van der Waals surface area contributed by atoms with Gasteiger partial charge in [-0.25, -0.2) is 4.39 Å².